The minimum Gasteiger partial charge on any atom is -0.390 e. The van der Waals surface area contributed by atoms with Gasteiger partial charge in [0.05, 0.1) is 5.60 Å². The molecule has 0 spiro atoms. The molecule has 1 aliphatic rings. The highest BCUT2D eigenvalue weighted by molar-refractivity contribution is 4.80. The molecule has 1 fully saturated rings. The summed E-state index contributed by atoms with van der Waals surface area (Å²) in [7, 11) is 0. The highest BCUT2D eigenvalue weighted by Gasteiger charge is 2.26. The Hall–Kier alpha value is -0.0400. The van der Waals surface area contributed by atoms with Crippen LogP contribution in [0.15, 0.2) is 0 Å². The lowest BCUT2D eigenvalue weighted by Gasteiger charge is -2.26. The fourth-order valence-corrected chi connectivity index (χ4v) is 2.14. The third-order valence-corrected chi connectivity index (χ3v) is 3.03. The van der Waals surface area contributed by atoms with Gasteiger partial charge in [-0.1, -0.05) is 45.4 Å². The van der Waals surface area contributed by atoms with Gasteiger partial charge in [0.1, 0.15) is 0 Å². The monoisotopic (exact) mass is 170 g/mol. The second-order valence-electron chi connectivity index (χ2n) is 4.24. The zero-order valence-corrected chi connectivity index (χ0v) is 8.31. The molecule has 0 atom stereocenters. The van der Waals surface area contributed by atoms with Crippen LogP contribution in [-0.4, -0.2) is 10.7 Å². The van der Waals surface area contributed by atoms with Gasteiger partial charge < -0.3 is 5.11 Å². The van der Waals surface area contributed by atoms with Crippen LogP contribution in [0, 0.1) is 0 Å². The number of aliphatic hydroxyl groups is 1. The Labute approximate surface area is 76.2 Å². The average molecular weight is 170 g/mol. The van der Waals surface area contributed by atoms with E-state index in [2.05, 4.69) is 6.92 Å². The van der Waals surface area contributed by atoms with E-state index in [9.17, 15) is 5.11 Å². The quantitative estimate of drug-likeness (QED) is 0.644. The molecule has 1 nitrogen and oxygen atoms in total. The molecule has 0 heterocycles. The van der Waals surface area contributed by atoms with Crippen molar-refractivity contribution >= 4 is 0 Å². The molecule has 0 aromatic heterocycles. The summed E-state index contributed by atoms with van der Waals surface area (Å²) in [6.45, 7) is 2.19. The smallest absolute Gasteiger partial charge is 0.0647 e. The summed E-state index contributed by atoms with van der Waals surface area (Å²) in [5, 5.41) is 10.2. The van der Waals surface area contributed by atoms with Gasteiger partial charge in [-0.3, -0.25) is 0 Å². The molecule has 0 aromatic carbocycles. The molecule has 0 aromatic rings. The zero-order valence-electron chi connectivity index (χ0n) is 8.31. The van der Waals surface area contributed by atoms with E-state index in [4.69, 9.17) is 0 Å². The van der Waals surface area contributed by atoms with Crippen LogP contribution < -0.4 is 0 Å². The van der Waals surface area contributed by atoms with Crippen LogP contribution in [-0.2, 0) is 0 Å². The van der Waals surface area contributed by atoms with Crippen molar-refractivity contribution in [3.63, 3.8) is 0 Å². The summed E-state index contributed by atoms with van der Waals surface area (Å²) in [5.74, 6) is 0. The molecule has 0 aliphatic heterocycles. The Morgan fingerprint density at radius 1 is 1.08 bits per heavy atom. The van der Waals surface area contributed by atoms with Gasteiger partial charge in [0.15, 0.2) is 0 Å². The van der Waals surface area contributed by atoms with Crippen molar-refractivity contribution in [1.82, 2.24) is 0 Å². The topological polar surface area (TPSA) is 20.2 Å². The van der Waals surface area contributed by atoms with Crippen molar-refractivity contribution in [2.24, 2.45) is 0 Å². The van der Waals surface area contributed by atoms with Crippen molar-refractivity contribution in [2.45, 2.75) is 70.3 Å². The van der Waals surface area contributed by atoms with Crippen molar-refractivity contribution in [3.05, 3.63) is 0 Å². The van der Waals surface area contributed by atoms with Gasteiger partial charge in [-0.2, -0.15) is 0 Å². The van der Waals surface area contributed by atoms with Gasteiger partial charge in [0, 0.05) is 0 Å². The molecule has 1 heteroatoms. The average Bonchev–Trinajstić information content (AvgIpc) is 2.27. The van der Waals surface area contributed by atoms with Gasteiger partial charge in [0.25, 0.3) is 0 Å². The summed E-state index contributed by atoms with van der Waals surface area (Å²) in [4.78, 5) is 0. The van der Waals surface area contributed by atoms with Gasteiger partial charge in [-0.05, 0) is 19.3 Å². The van der Waals surface area contributed by atoms with Crippen LogP contribution >= 0.6 is 0 Å². The van der Waals surface area contributed by atoms with E-state index in [1.165, 1.54) is 38.5 Å². The first-order valence-electron chi connectivity index (χ1n) is 5.49. The van der Waals surface area contributed by atoms with Crippen LogP contribution in [0.2, 0.25) is 0 Å². The van der Waals surface area contributed by atoms with Gasteiger partial charge >= 0.3 is 0 Å². The first-order valence-corrected chi connectivity index (χ1v) is 5.49. The summed E-state index contributed by atoms with van der Waals surface area (Å²) in [6, 6.07) is 0. The third kappa shape index (κ3) is 3.14. The highest BCUT2D eigenvalue weighted by Crippen LogP contribution is 2.30. The van der Waals surface area contributed by atoms with E-state index in [0.717, 1.165) is 19.3 Å². The minimum atomic E-state index is -0.285. The lowest BCUT2D eigenvalue weighted by atomic mass is 9.89. The fraction of sp³-hybridized carbons (Fsp3) is 1.00. The van der Waals surface area contributed by atoms with E-state index >= 15 is 0 Å². The van der Waals surface area contributed by atoms with E-state index in [1.807, 2.05) is 0 Å². The van der Waals surface area contributed by atoms with Gasteiger partial charge in [-0.15, -0.1) is 0 Å². The van der Waals surface area contributed by atoms with Crippen molar-refractivity contribution in [2.75, 3.05) is 0 Å². The van der Waals surface area contributed by atoms with E-state index in [0.29, 0.717) is 0 Å². The summed E-state index contributed by atoms with van der Waals surface area (Å²) in [6.07, 6.45) is 10.7. The molecular formula is C11H22O. The Bertz CT molecular complexity index is 112. The van der Waals surface area contributed by atoms with Crippen LogP contribution in [0.25, 0.3) is 0 Å². The molecule has 0 amide bonds. The fourth-order valence-electron chi connectivity index (χ4n) is 2.14. The van der Waals surface area contributed by atoms with Gasteiger partial charge in [-0.25, -0.2) is 0 Å². The minimum absolute atomic E-state index is 0.285. The summed E-state index contributed by atoms with van der Waals surface area (Å²) < 4.78 is 0. The van der Waals surface area contributed by atoms with Crippen LogP contribution in [0.4, 0.5) is 0 Å². The standard InChI is InChI=1S/C11H22O/c1-2-3-8-11(12)9-6-4-5-7-10-11/h12H,2-10H2,1H3. The predicted molar refractivity (Wildman–Crippen MR) is 52.2 cm³/mol. The van der Waals surface area contributed by atoms with Gasteiger partial charge in [0.2, 0.25) is 0 Å². The second kappa shape index (κ2) is 4.86. The maximum Gasteiger partial charge on any atom is 0.0647 e. The molecule has 1 N–H and O–H groups in total. The third-order valence-electron chi connectivity index (χ3n) is 3.03. The molecule has 1 rings (SSSR count). The zero-order chi connectivity index (χ0) is 8.86. The van der Waals surface area contributed by atoms with Crippen molar-refractivity contribution in [3.8, 4) is 0 Å². The highest BCUT2D eigenvalue weighted by atomic mass is 16.3. The van der Waals surface area contributed by atoms with E-state index in [1.54, 1.807) is 0 Å². The maximum absolute atomic E-state index is 10.2. The number of rotatable bonds is 3. The predicted octanol–water partition coefficient (Wildman–Crippen LogP) is 3.26. The molecule has 12 heavy (non-hydrogen) atoms. The second-order valence-corrected chi connectivity index (χ2v) is 4.24. The molecule has 0 saturated heterocycles. The lowest BCUT2D eigenvalue weighted by molar-refractivity contribution is 0.0144. The largest absolute Gasteiger partial charge is 0.390 e. The molecule has 0 radical (unpaired) electrons. The number of hydrogen-bond donors (Lipinski definition) is 1. The lowest BCUT2D eigenvalue weighted by Crippen LogP contribution is -2.27. The number of unbranched alkanes of at least 4 members (excludes halogenated alkanes) is 1. The van der Waals surface area contributed by atoms with Crippen LogP contribution in [0.3, 0.4) is 0 Å². The molecule has 1 aliphatic carbocycles. The molecular weight excluding hydrogens is 148 g/mol. The number of hydrogen-bond acceptors (Lipinski definition) is 1. The summed E-state index contributed by atoms with van der Waals surface area (Å²) >= 11 is 0. The van der Waals surface area contributed by atoms with Crippen LogP contribution in [0.1, 0.15) is 64.7 Å². The molecule has 0 bridgehead atoms. The Morgan fingerprint density at radius 3 is 2.17 bits per heavy atom. The summed E-state index contributed by atoms with van der Waals surface area (Å²) in [5.41, 5.74) is -0.285. The Balaban J connectivity index is 2.32. The Kier molecular flexibility index (Phi) is 4.07. The first-order chi connectivity index (χ1) is 5.77. The molecule has 72 valence electrons. The van der Waals surface area contributed by atoms with E-state index in [-0.39, 0.29) is 5.60 Å². The molecule has 0 unspecified atom stereocenters. The van der Waals surface area contributed by atoms with Crippen molar-refractivity contribution in [1.29, 1.82) is 0 Å². The van der Waals surface area contributed by atoms with Crippen LogP contribution in [0.5, 0.6) is 0 Å². The van der Waals surface area contributed by atoms with Crippen molar-refractivity contribution < 1.29 is 5.11 Å². The first kappa shape index (κ1) is 10.0. The Morgan fingerprint density at radius 2 is 1.67 bits per heavy atom. The maximum atomic E-state index is 10.2. The van der Waals surface area contributed by atoms with E-state index < -0.39 is 0 Å². The normalized spacial score (nSPS) is 23.5. The SMILES string of the molecule is CCCCC1(O)CCCCCC1. The molecule has 1 saturated carbocycles.